The van der Waals surface area contributed by atoms with Gasteiger partial charge in [-0.1, -0.05) is 37.6 Å². The molecule has 0 spiro atoms. The third-order valence-electron chi connectivity index (χ3n) is 6.11. The van der Waals surface area contributed by atoms with E-state index >= 15 is 0 Å². The highest BCUT2D eigenvalue weighted by Crippen LogP contribution is 2.14. The van der Waals surface area contributed by atoms with Crippen LogP contribution in [-0.4, -0.2) is 61.1 Å². The highest BCUT2D eigenvalue weighted by atomic mass is 127. The first-order valence-corrected chi connectivity index (χ1v) is 11.8. The van der Waals surface area contributed by atoms with Crippen LogP contribution < -0.4 is 10.6 Å². The van der Waals surface area contributed by atoms with Crippen molar-refractivity contribution in [1.82, 2.24) is 20.4 Å². The van der Waals surface area contributed by atoms with Gasteiger partial charge in [0.05, 0.1) is 6.54 Å². The Hall–Kier alpha value is -0.860. The molecule has 2 N–H and O–H groups in total. The van der Waals surface area contributed by atoms with Crippen molar-refractivity contribution in [2.75, 3.05) is 39.3 Å². The molecular formula is C24H42IN5. The van der Waals surface area contributed by atoms with E-state index in [0.29, 0.717) is 6.04 Å². The molecule has 0 aromatic heterocycles. The highest BCUT2D eigenvalue weighted by Gasteiger charge is 2.19. The molecule has 0 amide bonds. The van der Waals surface area contributed by atoms with Gasteiger partial charge in [-0.05, 0) is 69.8 Å². The van der Waals surface area contributed by atoms with E-state index in [1.165, 1.54) is 82.4 Å². The van der Waals surface area contributed by atoms with E-state index in [2.05, 4.69) is 58.5 Å². The van der Waals surface area contributed by atoms with Gasteiger partial charge in [-0.15, -0.1) is 24.0 Å². The number of hydrogen-bond donors (Lipinski definition) is 2. The van der Waals surface area contributed by atoms with Crippen LogP contribution in [0.5, 0.6) is 0 Å². The Morgan fingerprint density at radius 2 is 1.60 bits per heavy atom. The van der Waals surface area contributed by atoms with Crippen LogP contribution in [0.3, 0.4) is 0 Å². The average Bonchev–Trinajstić information content (AvgIpc) is 2.75. The summed E-state index contributed by atoms with van der Waals surface area (Å²) in [5.74, 6) is 0.957. The predicted octanol–water partition coefficient (Wildman–Crippen LogP) is 4.22. The van der Waals surface area contributed by atoms with Crippen molar-refractivity contribution in [2.45, 2.75) is 71.5 Å². The monoisotopic (exact) mass is 527 g/mol. The molecule has 2 heterocycles. The summed E-state index contributed by atoms with van der Waals surface area (Å²) in [6, 6.07) is 9.59. The van der Waals surface area contributed by atoms with Crippen LogP contribution in [0.15, 0.2) is 29.3 Å². The first-order chi connectivity index (χ1) is 14.3. The van der Waals surface area contributed by atoms with Gasteiger partial charge in [0.2, 0.25) is 0 Å². The first kappa shape index (κ1) is 25.4. The van der Waals surface area contributed by atoms with Gasteiger partial charge < -0.3 is 15.5 Å². The fourth-order valence-corrected chi connectivity index (χ4v) is 4.43. The molecule has 0 aliphatic carbocycles. The molecule has 0 saturated carbocycles. The molecule has 0 unspecified atom stereocenters. The number of aliphatic imine (C=N–C) groups is 1. The molecule has 6 heteroatoms. The Kier molecular flexibility index (Phi) is 12.1. The minimum atomic E-state index is 0. The fourth-order valence-electron chi connectivity index (χ4n) is 4.43. The maximum Gasteiger partial charge on any atom is 0.191 e. The number of likely N-dealkylation sites (tertiary alicyclic amines) is 2. The van der Waals surface area contributed by atoms with Crippen molar-refractivity contribution >= 4 is 29.9 Å². The van der Waals surface area contributed by atoms with Crippen LogP contribution in [-0.2, 0) is 13.1 Å². The van der Waals surface area contributed by atoms with Gasteiger partial charge in [0.25, 0.3) is 0 Å². The van der Waals surface area contributed by atoms with Crippen molar-refractivity contribution in [3.05, 3.63) is 35.4 Å². The number of benzene rings is 1. The smallest absolute Gasteiger partial charge is 0.191 e. The van der Waals surface area contributed by atoms with E-state index in [9.17, 15) is 0 Å². The van der Waals surface area contributed by atoms with Crippen molar-refractivity contribution in [1.29, 1.82) is 0 Å². The standard InChI is InChI=1S/C24H41N5.HI/c1-3-14-28-17-12-23(13-18-28)27-24(25-4-2)26-19-21-8-10-22(11-9-21)20-29-15-6-5-7-16-29;/h8-11,23H,3-7,12-20H2,1-2H3,(H2,25,26,27);1H. The molecule has 1 aromatic carbocycles. The minimum Gasteiger partial charge on any atom is -0.357 e. The van der Waals surface area contributed by atoms with Crippen molar-refractivity contribution < 1.29 is 0 Å². The molecule has 170 valence electrons. The van der Waals surface area contributed by atoms with Gasteiger partial charge in [-0.3, -0.25) is 4.90 Å². The van der Waals surface area contributed by atoms with Crippen LogP contribution in [0.4, 0.5) is 0 Å². The molecule has 1 aromatic rings. The average molecular weight is 528 g/mol. The van der Waals surface area contributed by atoms with Gasteiger partial charge in [-0.2, -0.15) is 0 Å². The Morgan fingerprint density at radius 3 is 2.23 bits per heavy atom. The van der Waals surface area contributed by atoms with Crippen molar-refractivity contribution in [2.24, 2.45) is 4.99 Å². The lowest BCUT2D eigenvalue weighted by molar-refractivity contribution is 0.206. The van der Waals surface area contributed by atoms with E-state index in [1.807, 2.05) is 0 Å². The molecule has 30 heavy (non-hydrogen) atoms. The molecule has 0 atom stereocenters. The summed E-state index contributed by atoms with van der Waals surface area (Å²) in [6.07, 6.45) is 7.76. The summed E-state index contributed by atoms with van der Waals surface area (Å²) in [6.45, 7) is 13.2. The normalized spacial score (nSPS) is 19.3. The molecule has 3 rings (SSSR count). The van der Waals surface area contributed by atoms with E-state index < -0.39 is 0 Å². The molecule has 0 radical (unpaired) electrons. The summed E-state index contributed by atoms with van der Waals surface area (Å²) in [7, 11) is 0. The van der Waals surface area contributed by atoms with Crippen molar-refractivity contribution in [3.8, 4) is 0 Å². The Morgan fingerprint density at radius 1 is 0.933 bits per heavy atom. The fraction of sp³-hybridized carbons (Fsp3) is 0.708. The molecular weight excluding hydrogens is 485 g/mol. The number of nitrogens with zero attached hydrogens (tertiary/aromatic N) is 3. The van der Waals surface area contributed by atoms with Gasteiger partial charge in [-0.25, -0.2) is 4.99 Å². The van der Waals surface area contributed by atoms with Gasteiger partial charge in [0.1, 0.15) is 0 Å². The van der Waals surface area contributed by atoms with E-state index in [0.717, 1.165) is 25.6 Å². The minimum absolute atomic E-state index is 0. The Labute approximate surface area is 201 Å². The number of nitrogens with one attached hydrogen (secondary N) is 2. The number of halogens is 1. The quantitative estimate of drug-likeness (QED) is 0.302. The number of hydrogen-bond acceptors (Lipinski definition) is 3. The summed E-state index contributed by atoms with van der Waals surface area (Å²) < 4.78 is 0. The third kappa shape index (κ3) is 8.71. The van der Waals surface area contributed by atoms with Crippen LogP contribution in [0, 0.1) is 0 Å². The van der Waals surface area contributed by atoms with E-state index in [1.54, 1.807) is 0 Å². The number of rotatable bonds is 8. The zero-order chi connectivity index (χ0) is 20.3. The lowest BCUT2D eigenvalue weighted by atomic mass is 10.1. The second kappa shape index (κ2) is 14.2. The topological polar surface area (TPSA) is 42.9 Å². The zero-order valence-corrected chi connectivity index (χ0v) is 21.4. The summed E-state index contributed by atoms with van der Waals surface area (Å²) in [4.78, 5) is 10.0. The van der Waals surface area contributed by atoms with Crippen LogP contribution in [0.1, 0.15) is 63.5 Å². The predicted molar refractivity (Wildman–Crippen MR) is 139 cm³/mol. The van der Waals surface area contributed by atoms with E-state index in [-0.39, 0.29) is 24.0 Å². The third-order valence-corrected chi connectivity index (χ3v) is 6.11. The highest BCUT2D eigenvalue weighted by molar-refractivity contribution is 14.0. The van der Waals surface area contributed by atoms with Crippen LogP contribution in [0.25, 0.3) is 0 Å². The van der Waals surface area contributed by atoms with Crippen LogP contribution >= 0.6 is 24.0 Å². The maximum absolute atomic E-state index is 4.85. The summed E-state index contributed by atoms with van der Waals surface area (Å²) >= 11 is 0. The summed E-state index contributed by atoms with van der Waals surface area (Å²) in [5, 5.41) is 7.08. The van der Waals surface area contributed by atoms with Crippen molar-refractivity contribution in [3.63, 3.8) is 0 Å². The first-order valence-electron chi connectivity index (χ1n) is 11.8. The number of piperidine rings is 2. The molecule has 5 nitrogen and oxygen atoms in total. The Balaban J connectivity index is 0.00000320. The van der Waals surface area contributed by atoms with E-state index in [4.69, 9.17) is 4.99 Å². The Bertz CT molecular complexity index is 605. The second-order valence-electron chi connectivity index (χ2n) is 8.61. The second-order valence-corrected chi connectivity index (χ2v) is 8.61. The van der Waals surface area contributed by atoms with Gasteiger partial charge in [0.15, 0.2) is 5.96 Å². The molecule has 2 aliphatic rings. The molecule has 2 aliphatic heterocycles. The maximum atomic E-state index is 4.85. The lowest BCUT2D eigenvalue weighted by Gasteiger charge is -2.32. The lowest BCUT2D eigenvalue weighted by Crippen LogP contribution is -2.48. The van der Waals surface area contributed by atoms with Gasteiger partial charge in [0, 0.05) is 32.2 Å². The number of guanidine groups is 1. The summed E-state index contributed by atoms with van der Waals surface area (Å²) in [5.41, 5.74) is 2.70. The molecule has 2 saturated heterocycles. The van der Waals surface area contributed by atoms with Crippen LogP contribution in [0.2, 0.25) is 0 Å². The molecule has 2 fully saturated rings. The SMILES string of the molecule is CCCN1CCC(NC(=NCc2ccc(CN3CCCCC3)cc2)NCC)CC1.I. The molecule has 0 bridgehead atoms. The largest absolute Gasteiger partial charge is 0.357 e. The van der Waals surface area contributed by atoms with Gasteiger partial charge >= 0.3 is 0 Å². The zero-order valence-electron chi connectivity index (χ0n) is 19.0.